The van der Waals surface area contributed by atoms with Crippen molar-refractivity contribution >= 4 is 11.3 Å². The molecule has 0 amide bonds. The van der Waals surface area contributed by atoms with Crippen molar-refractivity contribution in [2.75, 3.05) is 13.7 Å². The van der Waals surface area contributed by atoms with Crippen molar-refractivity contribution in [2.45, 2.75) is 56.6 Å². The Hall–Kier alpha value is -0.380. The number of thiophene rings is 1. The summed E-state index contributed by atoms with van der Waals surface area (Å²) in [4.78, 5) is 1.49. The summed E-state index contributed by atoms with van der Waals surface area (Å²) in [6, 6.07) is 4.96. The van der Waals surface area contributed by atoms with E-state index in [-0.39, 0.29) is 5.60 Å². The van der Waals surface area contributed by atoms with Gasteiger partial charge in [-0.15, -0.1) is 11.3 Å². The minimum absolute atomic E-state index is 0.216. The molecule has 2 fully saturated rings. The van der Waals surface area contributed by atoms with E-state index in [0.29, 0.717) is 6.04 Å². The molecule has 1 N–H and O–H groups in total. The van der Waals surface area contributed by atoms with Gasteiger partial charge in [-0.3, -0.25) is 0 Å². The Morgan fingerprint density at radius 2 is 2.21 bits per heavy atom. The molecule has 1 aromatic heterocycles. The maximum absolute atomic E-state index is 6.22. The molecule has 1 saturated carbocycles. The normalized spacial score (nSPS) is 28.4. The number of hydrogen-bond acceptors (Lipinski definition) is 3. The minimum Gasteiger partial charge on any atom is -0.375 e. The van der Waals surface area contributed by atoms with Crippen LogP contribution in [-0.4, -0.2) is 19.3 Å². The van der Waals surface area contributed by atoms with Crippen LogP contribution < -0.4 is 5.32 Å². The summed E-state index contributed by atoms with van der Waals surface area (Å²) in [6.45, 7) is 0.953. The average molecular weight is 279 g/mol. The Morgan fingerprint density at radius 3 is 2.89 bits per heavy atom. The summed E-state index contributed by atoms with van der Waals surface area (Å²) in [7, 11) is 2.10. The Labute approximate surface area is 120 Å². The second kappa shape index (κ2) is 5.94. The highest BCUT2D eigenvalue weighted by atomic mass is 32.1. The molecule has 2 atom stereocenters. The van der Waals surface area contributed by atoms with E-state index in [2.05, 4.69) is 29.9 Å². The fraction of sp³-hybridized carbons (Fsp3) is 0.750. The number of ether oxygens (including phenoxy) is 1. The van der Waals surface area contributed by atoms with Crippen LogP contribution in [0, 0.1) is 5.92 Å². The predicted octanol–water partition coefficient (Wildman–Crippen LogP) is 4.14. The van der Waals surface area contributed by atoms with Crippen molar-refractivity contribution in [1.29, 1.82) is 0 Å². The zero-order valence-corrected chi connectivity index (χ0v) is 12.7. The lowest BCUT2D eigenvalue weighted by atomic mass is 9.74. The molecule has 0 bridgehead atoms. The molecular formula is C16H25NOS. The Bertz CT molecular complexity index is 378. The third-order valence-corrected chi connectivity index (χ3v) is 5.88. The van der Waals surface area contributed by atoms with Crippen molar-refractivity contribution < 1.29 is 4.74 Å². The summed E-state index contributed by atoms with van der Waals surface area (Å²) in [5.41, 5.74) is 0.216. The van der Waals surface area contributed by atoms with Gasteiger partial charge in [0.05, 0.1) is 5.60 Å². The highest BCUT2D eigenvalue weighted by Gasteiger charge is 2.40. The Balaban J connectivity index is 1.73. The Kier molecular flexibility index (Phi) is 4.25. The van der Waals surface area contributed by atoms with Crippen LogP contribution in [0.3, 0.4) is 0 Å². The first-order valence-electron chi connectivity index (χ1n) is 7.68. The van der Waals surface area contributed by atoms with Crippen molar-refractivity contribution in [3.05, 3.63) is 22.4 Å². The van der Waals surface area contributed by atoms with Crippen LogP contribution in [0.2, 0.25) is 0 Å². The van der Waals surface area contributed by atoms with Gasteiger partial charge in [-0.05, 0) is 50.1 Å². The van der Waals surface area contributed by atoms with Gasteiger partial charge in [0.25, 0.3) is 0 Å². The van der Waals surface area contributed by atoms with Gasteiger partial charge in [-0.1, -0.05) is 25.3 Å². The topological polar surface area (TPSA) is 21.3 Å². The van der Waals surface area contributed by atoms with Gasteiger partial charge in [0.15, 0.2) is 0 Å². The second-order valence-corrected chi connectivity index (χ2v) is 7.11. The zero-order chi connectivity index (χ0) is 13.1. The van der Waals surface area contributed by atoms with Crippen molar-refractivity contribution in [3.8, 4) is 0 Å². The molecule has 1 saturated heterocycles. The van der Waals surface area contributed by atoms with Gasteiger partial charge >= 0.3 is 0 Å². The highest BCUT2D eigenvalue weighted by molar-refractivity contribution is 7.10. The first kappa shape index (κ1) is 13.6. The van der Waals surface area contributed by atoms with E-state index in [1.54, 1.807) is 0 Å². The molecule has 2 aliphatic rings. The molecule has 106 valence electrons. The van der Waals surface area contributed by atoms with Gasteiger partial charge < -0.3 is 10.1 Å². The number of hydrogen-bond donors (Lipinski definition) is 1. The molecule has 3 rings (SSSR count). The monoisotopic (exact) mass is 279 g/mol. The second-order valence-electron chi connectivity index (χ2n) is 6.13. The van der Waals surface area contributed by atoms with Crippen molar-refractivity contribution in [2.24, 2.45) is 5.92 Å². The van der Waals surface area contributed by atoms with E-state index < -0.39 is 0 Å². The standard InChI is InChI=1S/C16H25NOS/c1-17-15(14-6-5-11-19-14)13-7-10-18-16(12-13)8-3-2-4-9-16/h5-6,11,13,15,17H,2-4,7-10,12H2,1H3. The van der Waals surface area contributed by atoms with Crippen LogP contribution in [0.4, 0.5) is 0 Å². The summed E-state index contributed by atoms with van der Waals surface area (Å²) in [6.07, 6.45) is 9.12. The van der Waals surface area contributed by atoms with E-state index in [1.807, 2.05) is 11.3 Å². The molecule has 0 aromatic carbocycles. The minimum atomic E-state index is 0.216. The van der Waals surface area contributed by atoms with Crippen LogP contribution in [0.1, 0.15) is 55.9 Å². The molecule has 2 unspecified atom stereocenters. The average Bonchev–Trinajstić information content (AvgIpc) is 2.95. The van der Waals surface area contributed by atoms with Gasteiger partial charge in [-0.2, -0.15) is 0 Å². The number of nitrogens with one attached hydrogen (secondary N) is 1. The fourth-order valence-electron chi connectivity index (χ4n) is 3.97. The quantitative estimate of drug-likeness (QED) is 0.898. The van der Waals surface area contributed by atoms with Gasteiger partial charge in [-0.25, -0.2) is 0 Å². The van der Waals surface area contributed by atoms with E-state index in [4.69, 9.17) is 4.74 Å². The van der Waals surface area contributed by atoms with E-state index >= 15 is 0 Å². The van der Waals surface area contributed by atoms with E-state index in [9.17, 15) is 0 Å². The molecule has 1 aliphatic carbocycles. The first-order chi connectivity index (χ1) is 9.33. The highest BCUT2D eigenvalue weighted by Crippen LogP contribution is 2.44. The summed E-state index contributed by atoms with van der Waals surface area (Å²) in [5.74, 6) is 0.732. The van der Waals surface area contributed by atoms with Gasteiger partial charge in [0.1, 0.15) is 0 Å². The molecule has 3 heteroatoms. The predicted molar refractivity (Wildman–Crippen MR) is 80.6 cm³/mol. The lowest BCUT2D eigenvalue weighted by molar-refractivity contribution is -0.121. The fourth-order valence-corrected chi connectivity index (χ4v) is 4.90. The van der Waals surface area contributed by atoms with Crippen LogP contribution in [-0.2, 0) is 4.74 Å². The first-order valence-corrected chi connectivity index (χ1v) is 8.56. The lowest BCUT2D eigenvalue weighted by Crippen LogP contribution is -2.44. The Morgan fingerprint density at radius 1 is 1.37 bits per heavy atom. The third kappa shape index (κ3) is 2.88. The summed E-state index contributed by atoms with van der Waals surface area (Å²) >= 11 is 1.88. The van der Waals surface area contributed by atoms with E-state index in [0.717, 1.165) is 12.5 Å². The maximum Gasteiger partial charge on any atom is 0.0686 e. The molecule has 0 radical (unpaired) electrons. The smallest absolute Gasteiger partial charge is 0.0686 e. The largest absolute Gasteiger partial charge is 0.375 e. The molecule has 1 aromatic rings. The summed E-state index contributed by atoms with van der Waals surface area (Å²) < 4.78 is 6.22. The zero-order valence-electron chi connectivity index (χ0n) is 11.9. The van der Waals surface area contributed by atoms with Crippen LogP contribution in [0.25, 0.3) is 0 Å². The van der Waals surface area contributed by atoms with Crippen LogP contribution in [0.15, 0.2) is 17.5 Å². The van der Waals surface area contributed by atoms with Crippen LogP contribution >= 0.6 is 11.3 Å². The van der Waals surface area contributed by atoms with Crippen molar-refractivity contribution in [1.82, 2.24) is 5.32 Å². The molecular weight excluding hydrogens is 254 g/mol. The van der Waals surface area contributed by atoms with Crippen molar-refractivity contribution in [3.63, 3.8) is 0 Å². The van der Waals surface area contributed by atoms with Gasteiger partial charge in [0.2, 0.25) is 0 Å². The van der Waals surface area contributed by atoms with Gasteiger partial charge in [0, 0.05) is 17.5 Å². The third-order valence-electron chi connectivity index (χ3n) is 4.93. The molecule has 2 nitrogen and oxygen atoms in total. The lowest BCUT2D eigenvalue weighted by Gasteiger charge is -2.45. The molecule has 1 aliphatic heterocycles. The number of rotatable bonds is 3. The molecule has 1 spiro atoms. The summed E-state index contributed by atoms with van der Waals surface area (Å²) in [5, 5.41) is 5.74. The molecule has 2 heterocycles. The van der Waals surface area contributed by atoms with E-state index in [1.165, 1.54) is 49.8 Å². The van der Waals surface area contributed by atoms with Crippen LogP contribution in [0.5, 0.6) is 0 Å². The molecule has 19 heavy (non-hydrogen) atoms. The SMILES string of the molecule is CNC(c1cccs1)C1CCOC2(CCCCC2)C1. The maximum atomic E-state index is 6.22.